The summed E-state index contributed by atoms with van der Waals surface area (Å²) in [6, 6.07) is 15.9. The molecule has 0 aliphatic rings. The lowest BCUT2D eigenvalue weighted by molar-refractivity contribution is -0.144. The van der Waals surface area contributed by atoms with Crippen molar-refractivity contribution >= 4 is 56.4 Å². The maximum atomic E-state index is 12.1. The number of thiophene rings is 1. The summed E-state index contributed by atoms with van der Waals surface area (Å²) in [5.74, 6) is -0.668. The average Bonchev–Trinajstić information content (AvgIpc) is 3.16. The van der Waals surface area contributed by atoms with E-state index in [4.69, 9.17) is 20.8 Å². The maximum Gasteiger partial charge on any atom is 0.336 e. The van der Waals surface area contributed by atoms with E-state index in [1.165, 1.54) is 17.4 Å². The molecule has 0 amide bonds. The van der Waals surface area contributed by atoms with Gasteiger partial charge in [0.15, 0.2) is 5.78 Å². The zero-order chi connectivity index (χ0) is 20.4. The summed E-state index contributed by atoms with van der Waals surface area (Å²) in [5.41, 5.74) is 0.494. The van der Waals surface area contributed by atoms with Crippen LogP contribution in [0.4, 0.5) is 0 Å². The van der Waals surface area contributed by atoms with Gasteiger partial charge in [0.25, 0.3) is 0 Å². The van der Waals surface area contributed by atoms with Gasteiger partial charge >= 0.3 is 11.6 Å². The Kier molecular flexibility index (Phi) is 5.47. The first kappa shape index (κ1) is 19.4. The highest BCUT2D eigenvalue weighted by Gasteiger charge is 2.14. The first-order valence-corrected chi connectivity index (χ1v) is 10.1. The molecule has 0 radical (unpaired) electrons. The number of Topliss-reactive ketones (excluding diaryl/α,β-unsaturated/α-hetero) is 1. The minimum atomic E-state index is -0.511. The van der Waals surface area contributed by atoms with Gasteiger partial charge in [0.2, 0.25) is 0 Å². The summed E-state index contributed by atoms with van der Waals surface area (Å²) in [7, 11) is 0. The Labute approximate surface area is 174 Å². The Balaban J connectivity index is 1.50. The number of benzene rings is 2. The molecule has 5 nitrogen and oxygen atoms in total. The number of esters is 1. The van der Waals surface area contributed by atoms with Crippen LogP contribution in [0.15, 0.2) is 63.8 Å². The normalized spacial score (nSPS) is 11.1. The van der Waals surface area contributed by atoms with Crippen molar-refractivity contribution in [2.24, 2.45) is 0 Å². The Morgan fingerprint density at radius 2 is 1.86 bits per heavy atom. The summed E-state index contributed by atoms with van der Waals surface area (Å²) in [4.78, 5) is 36.6. The van der Waals surface area contributed by atoms with Crippen molar-refractivity contribution < 1.29 is 18.7 Å². The molecule has 146 valence electrons. The highest BCUT2D eigenvalue weighted by atomic mass is 35.5. The van der Waals surface area contributed by atoms with E-state index >= 15 is 0 Å². The van der Waals surface area contributed by atoms with Gasteiger partial charge in [-0.1, -0.05) is 41.9 Å². The van der Waals surface area contributed by atoms with Gasteiger partial charge in [0.05, 0.1) is 15.6 Å². The standard InChI is InChI=1S/C22H15ClO5S/c23-19-9-8-18(29-19)16(24)6-10-20(25)27-12-14-11-21(26)28-17-7-5-13-3-1-2-4-15(13)22(14)17/h1-5,7-9,11H,6,10,12H2. The van der Waals surface area contributed by atoms with Crippen LogP contribution in [0, 0.1) is 0 Å². The molecular formula is C22H15ClO5S. The number of hydrogen-bond donors (Lipinski definition) is 0. The largest absolute Gasteiger partial charge is 0.461 e. The topological polar surface area (TPSA) is 73.6 Å². The molecule has 2 heterocycles. The molecule has 0 saturated carbocycles. The van der Waals surface area contributed by atoms with Crippen LogP contribution in [0.3, 0.4) is 0 Å². The summed E-state index contributed by atoms with van der Waals surface area (Å²) in [6.07, 6.45) is -0.00917. The van der Waals surface area contributed by atoms with Crippen LogP contribution in [0.1, 0.15) is 28.1 Å². The molecule has 0 aliphatic carbocycles. The van der Waals surface area contributed by atoms with Crippen molar-refractivity contribution in [2.45, 2.75) is 19.4 Å². The zero-order valence-electron chi connectivity index (χ0n) is 15.1. The van der Waals surface area contributed by atoms with Crippen molar-refractivity contribution in [3.05, 3.63) is 79.8 Å². The second-order valence-corrected chi connectivity index (χ2v) is 8.15. The van der Waals surface area contributed by atoms with E-state index in [-0.39, 0.29) is 25.2 Å². The Morgan fingerprint density at radius 3 is 2.66 bits per heavy atom. The zero-order valence-corrected chi connectivity index (χ0v) is 16.7. The van der Waals surface area contributed by atoms with Gasteiger partial charge < -0.3 is 9.15 Å². The lowest BCUT2D eigenvalue weighted by atomic mass is 10.0. The molecule has 4 aromatic rings. The summed E-state index contributed by atoms with van der Waals surface area (Å²) in [6.45, 7) is -0.0754. The third-order valence-electron chi connectivity index (χ3n) is 4.51. The second kappa shape index (κ2) is 8.19. The van der Waals surface area contributed by atoms with Crippen LogP contribution in [0.2, 0.25) is 4.34 Å². The first-order chi connectivity index (χ1) is 14.0. The number of ketones is 1. The minimum Gasteiger partial charge on any atom is -0.461 e. The van der Waals surface area contributed by atoms with Crippen molar-refractivity contribution in [1.29, 1.82) is 0 Å². The van der Waals surface area contributed by atoms with E-state index < -0.39 is 11.6 Å². The lowest BCUT2D eigenvalue weighted by Gasteiger charge is -2.09. The molecule has 2 aromatic heterocycles. The van der Waals surface area contributed by atoms with Crippen molar-refractivity contribution in [1.82, 2.24) is 0 Å². The smallest absolute Gasteiger partial charge is 0.336 e. The van der Waals surface area contributed by atoms with Crippen molar-refractivity contribution in [2.75, 3.05) is 0 Å². The summed E-state index contributed by atoms with van der Waals surface area (Å²) < 4.78 is 11.2. The van der Waals surface area contributed by atoms with Crippen LogP contribution in [-0.4, -0.2) is 11.8 Å². The van der Waals surface area contributed by atoms with Crippen LogP contribution in [-0.2, 0) is 16.1 Å². The Bertz CT molecular complexity index is 1290. The summed E-state index contributed by atoms with van der Waals surface area (Å²) >= 11 is 7.01. The van der Waals surface area contributed by atoms with Crippen LogP contribution < -0.4 is 5.63 Å². The number of fused-ring (bicyclic) bond motifs is 3. The van der Waals surface area contributed by atoms with E-state index in [9.17, 15) is 14.4 Å². The van der Waals surface area contributed by atoms with Crippen LogP contribution in [0.5, 0.6) is 0 Å². The molecule has 2 aromatic carbocycles. The number of ether oxygens (including phenoxy) is 1. The molecule has 0 saturated heterocycles. The number of hydrogen-bond acceptors (Lipinski definition) is 6. The fraction of sp³-hybridized carbons (Fsp3) is 0.136. The predicted molar refractivity (Wildman–Crippen MR) is 113 cm³/mol. The highest BCUT2D eigenvalue weighted by Crippen LogP contribution is 2.28. The minimum absolute atomic E-state index is 0.0380. The second-order valence-electron chi connectivity index (χ2n) is 6.44. The number of rotatable bonds is 6. The number of carbonyl (C=O) groups is 2. The maximum absolute atomic E-state index is 12.1. The molecule has 0 fully saturated rings. The van der Waals surface area contributed by atoms with Gasteiger partial charge in [-0.2, -0.15) is 0 Å². The molecule has 0 spiro atoms. The van der Waals surface area contributed by atoms with Gasteiger partial charge in [-0.3, -0.25) is 9.59 Å². The molecule has 4 rings (SSSR count). The fourth-order valence-corrected chi connectivity index (χ4v) is 4.18. The summed E-state index contributed by atoms with van der Waals surface area (Å²) in [5, 5.41) is 2.63. The van der Waals surface area contributed by atoms with Crippen LogP contribution in [0.25, 0.3) is 21.7 Å². The molecule has 0 aliphatic heterocycles. The predicted octanol–water partition coefficient (Wildman–Crippen LogP) is 5.37. The third-order valence-corrected chi connectivity index (χ3v) is 5.78. The quantitative estimate of drug-likeness (QED) is 0.179. The number of carbonyl (C=O) groups excluding carboxylic acids is 2. The number of halogens is 1. The Morgan fingerprint density at radius 1 is 1.03 bits per heavy atom. The molecule has 0 N–H and O–H groups in total. The average molecular weight is 427 g/mol. The van der Waals surface area contributed by atoms with Gasteiger partial charge in [0, 0.05) is 23.4 Å². The van der Waals surface area contributed by atoms with E-state index in [0.29, 0.717) is 20.4 Å². The van der Waals surface area contributed by atoms with Gasteiger partial charge in [-0.05, 0) is 29.0 Å². The van der Waals surface area contributed by atoms with Crippen molar-refractivity contribution in [3.8, 4) is 0 Å². The molecule has 0 atom stereocenters. The lowest BCUT2D eigenvalue weighted by Crippen LogP contribution is -2.09. The molecule has 29 heavy (non-hydrogen) atoms. The SMILES string of the molecule is O=C(CCC(=O)c1ccc(Cl)s1)OCc1cc(=O)oc2ccc3ccccc3c12. The van der Waals surface area contributed by atoms with Gasteiger partial charge in [-0.15, -0.1) is 11.3 Å². The van der Waals surface area contributed by atoms with Crippen molar-refractivity contribution in [3.63, 3.8) is 0 Å². The highest BCUT2D eigenvalue weighted by molar-refractivity contribution is 7.18. The third kappa shape index (κ3) is 4.23. The Hall–Kier alpha value is -2.96. The van der Waals surface area contributed by atoms with E-state index in [2.05, 4.69) is 0 Å². The molecule has 7 heteroatoms. The van der Waals surface area contributed by atoms with E-state index in [1.807, 2.05) is 30.3 Å². The van der Waals surface area contributed by atoms with Gasteiger partial charge in [0.1, 0.15) is 12.2 Å². The molecular weight excluding hydrogens is 412 g/mol. The first-order valence-electron chi connectivity index (χ1n) is 8.90. The van der Waals surface area contributed by atoms with E-state index in [0.717, 1.165) is 16.2 Å². The van der Waals surface area contributed by atoms with Gasteiger partial charge in [-0.25, -0.2) is 4.79 Å². The van der Waals surface area contributed by atoms with E-state index in [1.54, 1.807) is 18.2 Å². The monoisotopic (exact) mass is 426 g/mol. The fourth-order valence-electron chi connectivity index (χ4n) is 3.17. The molecule has 0 unspecified atom stereocenters. The van der Waals surface area contributed by atoms with Crippen LogP contribution >= 0.6 is 22.9 Å². The molecule has 0 bridgehead atoms.